The number of aliphatic hydroxyl groups is 1. The molecule has 0 unspecified atom stereocenters. The van der Waals surface area contributed by atoms with Crippen LogP contribution >= 0.6 is 0 Å². The van der Waals surface area contributed by atoms with Gasteiger partial charge in [0.2, 0.25) is 0 Å². The van der Waals surface area contributed by atoms with Crippen molar-refractivity contribution in [2.45, 2.75) is 31.6 Å². The second-order valence-corrected chi connectivity index (χ2v) is 2.61. The zero-order valence-electron chi connectivity index (χ0n) is 5.58. The van der Waals surface area contributed by atoms with Crippen molar-refractivity contribution in [2.75, 3.05) is 6.61 Å². The molecule has 1 aliphatic heterocycles. The van der Waals surface area contributed by atoms with E-state index < -0.39 is 6.10 Å². The summed E-state index contributed by atoms with van der Waals surface area (Å²) >= 11 is 0. The lowest BCUT2D eigenvalue weighted by Crippen LogP contribution is -2.45. The molecule has 0 amide bonds. The molecule has 0 spiro atoms. The van der Waals surface area contributed by atoms with Crippen molar-refractivity contribution in [2.24, 2.45) is 5.73 Å². The minimum absolute atomic E-state index is 0.0891. The highest BCUT2D eigenvalue weighted by Crippen LogP contribution is 2.11. The average molecular weight is 131 g/mol. The van der Waals surface area contributed by atoms with Crippen LogP contribution in [-0.2, 0) is 4.74 Å². The molecule has 0 saturated carbocycles. The van der Waals surface area contributed by atoms with Gasteiger partial charge in [0.05, 0.1) is 18.8 Å². The molecule has 3 heteroatoms. The van der Waals surface area contributed by atoms with Crippen LogP contribution in [0.5, 0.6) is 0 Å². The molecule has 0 aromatic carbocycles. The number of ether oxygens (including phenoxy) is 1. The van der Waals surface area contributed by atoms with Crippen LogP contribution in [0.25, 0.3) is 0 Å². The van der Waals surface area contributed by atoms with Gasteiger partial charge in [0.15, 0.2) is 0 Å². The van der Waals surface area contributed by atoms with Gasteiger partial charge in [-0.2, -0.15) is 0 Å². The zero-order chi connectivity index (χ0) is 6.85. The molecule has 0 aromatic rings. The van der Waals surface area contributed by atoms with Crippen molar-refractivity contribution < 1.29 is 9.84 Å². The summed E-state index contributed by atoms with van der Waals surface area (Å²) in [6.45, 7) is 2.36. The summed E-state index contributed by atoms with van der Waals surface area (Å²) in [5, 5.41) is 9.05. The van der Waals surface area contributed by atoms with Crippen LogP contribution in [0.3, 0.4) is 0 Å². The third-order valence-electron chi connectivity index (χ3n) is 1.65. The molecule has 1 aliphatic rings. The number of nitrogens with two attached hydrogens (primary N) is 1. The van der Waals surface area contributed by atoms with E-state index in [9.17, 15) is 0 Å². The van der Waals surface area contributed by atoms with Crippen LogP contribution in [0.4, 0.5) is 0 Å². The molecular formula is C6H13NO2. The van der Waals surface area contributed by atoms with Gasteiger partial charge in [0, 0.05) is 6.04 Å². The SMILES string of the molecule is C[C@@H]1C[C@@H](N)[C@@H](O)CO1. The van der Waals surface area contributed by atoms with Gasteiger partial charge in [0.25, 0.3) is 0 Å². The molecule has 0 aromatic heterocycles. The van der Waals surface area contributed by atoms with Gasteiger partial charge < -0.3 is 15.6 Å². The number of hydrogen-bond donors (Lipinski definition) is 2. The molecule has 54 valence electrons. The standard InChI is InChI=1S/C6H13NO2/c1-4-2-5(7)6(8)3-9-4/h4-6,8H,2-3,7H2,1H3/t4-,5-,6+/m1/s1. The summed E-state index contributed by atoms with van der Waals surface area (Å²) in [5.41, 5.74) is 5.54. The first-order chi connectivity index (χ1) is 4.20. The number of hydrogen-bond acceptors (Lipinski definition) is 3. The summed E-state index contributed by atoms with van der Waals surface area (Å²) in [6.07, 6.45) is 0.519. The fourth-order valence-corrected chi connectivity index (χ4v) is 0.995. The van der Waals surface area contributed by atoms with Crippen LogP contribution in [0.1, 0.15) is 13.3 Å². The Morgan fingerprint density at radius 1 is 1.67 bits per heavy atom. The van der Waals surface area contributed by atoms with E-state index in [1.54, 1.807) is 0 Å². The maximum Gasteiger partial charge on any atom is 0.0925 e. The molecule has 9 heavy (non-hydrogen) atoms. The van der Waals surface area contributed by atoms with Crippen molar-refractivity contribution in [1.82, 2.24) is 0 Å². The van der Waals surface area contributed by atoms with E-state index in [-0.39, 0.29) is 12.1 Å². The van der Waals surface area contributed by atoms with E-state index in [4.69, 9.17) is 15.6 Å². The lowest BCUT2D eigenvalue weighted by molar-refractivity contribution is -0.0584. The van der Waals surface area contributed by atoms with Crippen molar-refractivity contribution in [3.8, 4) is 0 Å². The fraction of sp³-hybridized carbons (Fsp3) is 1.00. The molecule has 1 rings (SSSR count). The molecule has 1 fully saturated rings. The van der Waals surface area contributed by atoms with Crippen LogP contribution < -0.4 is 5.73 Å². The Morgan fingerprint density at radius 2 is 2.33 bits per heavy atom. The van der Waals surface area contributed by atoms with E-state index in [1.807, 2.05) is 6.92 Å². The van der Waals surface area contributed by atoms with Crippen molar-refractivity contribution in [3.63, 3.8) is 0 Å². The lowest BCUT2D eigenvalue weighted by atomic mass is 10.0. The predicted octanol–water partition coefficient (Wildman–Crippen LogP) is -0.517. The summed E-state index contributed by atoms with van der Waals surface area (Å²) < 4.78 is 5.13. The first-order valence-electron chi connectivity index (χ1n) is 3.25. The largest absolute Gasteiger partial charge is 0.389 e. The second kappa shape index (κ2) is 2.64. The van der Waals surface area contributed by atoms with Gasteiger partial charge in [-0.15, -0.1) is 0 Å². The summed E-state index contributed by atoms with van der Waals surface area (Å²) in [7, 11) is 0. The van der Waals surface area contributed by atoms with E-state index >= 15 is 0 Å². The molecule has 3 N–H and O–H groups in total. The summed E-state index contributed by atoms with van der Waals surface area (Å²) in [5.74, 6) is 0. The quantitative estimate of drug-likeness (QED) is 0.465. The Morgan fingerprint density at radius 3 is 2.78 bits per heavy atom. The maximum atomic E-state index is 9.05. The van der Waals surface area contributed by atoms with Crippen molar-refractivity contribution in [1.29, 1.82) is 0 Å². The molecule has 1 heterocycles. The van der Waals surface area contributed by atoms with Gasteiger partial charge in [-0.25, -0.2) is 0 Å². The summed E-state index contributed by atoms with van der Waals surface area (Å²) in [4.78, 5) is 0. The Bertz CT molecular complexity index is 97.1. The van der Waals surface area contributed by atoms with E-state index in [2.05, 4.69) is 0 Å². The third-order valence-corrected chi connectivity index (χ3v) is 1.65. The fourth-order valence-electron chi connectivity index (χ4n) is 0.995. The Labute approximate surface area is 54.8 Å². The minimum Gasteiger partial charge on any atom is -0.389 e. The maximum absolute atomic E-state index is 9.05. The molecule has 3 atom stereocenters. The molecule has 1 saturated heterocycles. The number of rotatable bonds is 0. The highest BCUT2D eigenvalue weighted by atomic mass is 16.5. The smallest absolute Gasteiger partial charge is 0.0925 e. The van der Waals surface area contributed by atoms with Crippen LogP contribution in [0.2, 0.25) is 0 Å². The van der Waals surface area contributed by atoms with Crippen molar-refractivity contribution >= 4 is 0 Å². The van der Waals surface area contributed by atoms with Crippen molar-refractivity contribution in [3.05, 3.63) is 0 Å². The van der Waals surface area contributed by atoms with Crippen LogP contribution in [-0.4, -0.2) is 30.0 Å². The van der Waals surface area contributed by atoms with Crippen LogP contribution in [0.15, 0.2) is 0 Å². The van der Waals surface area contributed by atoms with Gasteiger partial charge in [-0.05, 0) is 13.3 Å². The Balaban J connectivity index is 2.35. The van der Waals surface area contributed by atoms with Gasteiger partial charge in [0.1, 0.15) is 0 Å². The van der Waals surface area contributed by atoms with Crippen LogP contribution in [0, 0.1) is 0 Å². The highest BCUT2D eigenvalue weighted by Gasteiger charge is 2.23. The molecule has 3 nitrogen and oxygen atoms in total. The normalized spacial score (nSPS) is 45.0. The third kappa shape index (κ3) is 1.64. The van der Waals surface area contributed by atoms with E-state index in [1.165, 1.54) is 0 Å². The Hall–Kier alpha value is -0.120. The van der Waals surface area contributed by atoms with E-state index in [0.717, 1.165) is 6.42 Å². The zero-order valence-corrected chi connectivity index (χ0v) is 5.58. The predicted molar refractivity (Wildman–Crippen MR) is 34.0 cm³/mol. The molecular weight excluding hydrogens is 118 g/mol. The van der Waals surface area contributed by atoms with Gasteiger partial charge in [-0.3, -0.25) is 0 Å². The van der Waals surface area contributed by atoms with E-state index in [0.29, 0.717) is 6.61 Å². The van der Waals surface area contributed by atoms with Gasteiger partial charge >= 0.3 is 0 Å². The topological polar surface area (TPSA) is 55.5 Å². The number of aliphatic hydroxyl groups excluding tert-OH is 1. The second-order valence-electron chi connectivity index (χ2n) is 2.61. The minimum atomic E-state index is -0.457. The molecule has 0 bridgehead atoms. The first kappa shape index (κ1) is 6.99. The Kier molecular flexibility index (Phi) is 2.05. The van der Waals surface area contributed by atoms with Gasteiger partial charge in [-0.1, -0.05) is 0 Å². The lowest BCUT2D eigenvalue weighted by Gasteiger charge is -2.28. The highest BCUT2D eigenvalue weighted by molar-refractivity contribution is 4.78. The summed E-state index contributed by atoms with van der Waals surface area (Å²) in [6, 6.07) is -0.0891. The monoisotopic (exact) mass is 131 g/mol. The molecule has 0 aliphatic carbocycles. The first-order valence-corrected chi connectivity index (χ1v) is 3.25. The average Bonchev–Trinajstić information content (AvgIpc) is 1.80. The molecule has 0 radical (unpaired) electrons.